The first-order chi connectivity index (χ1) is 9.45. The number of nitrogen functional groups attached to an aromatic ring is 1. The van der Waals surface area contributed by atoms with Gasteiger partial charge in [-0.25, -0.2) is 4.98 Å². The van der Waals surface area contributed by atoms with Gasteiger partial charge in [-0.15, -0.1) is 11.3 Å². The Kier molecular flexibility index (Phi) is 4.49. The van der Waals surface area contributed by atoms with Gasteiger partial charge in [0.2, 0.25) is 0 Å². The van der Waals surface area contributed by atoms with Crippen LogP contribution in [0.25, 0.3) is 0 Å². The smallest absolute Gasteiger partial charge is 0.144 e. The van der Waals surface area contributed by atoms with Crippen molar-refractivity contribution in [3.05, 3.63) is 34.3 Å². The minimum atomic E-state index is 0.110. The maximum atomic E-state index is 5.94. The van der Waals surface area contributed by atoms with Crippen LogP contribution in [-0.4, -0.2) is 18.1 Å². The van der Waals surface area contributed by atoms with Crippen LogP contribution in [0.3, 0.4) is 0 Å². The number of hydrogen-bond donors (Lipinski definition) is 1. The van der Waals surface area contributed by atoms with E-state index in [2.05, 4.69) is 15.3 Å². The van der Waals surface area contributed by atoms with Crippen LogP contribution in [0.2, 0.25) is 0 Å². The molecule has 1 aromatic heterocycles. The third-order valence-electron chi connectivity index (χ3n) is 2.87. The Morgan fingerprint density at radius 3 is 2.75 bits per heavy atom. The fourth-order valence-electron chi connectivity index (χ4n) is 1.93. The summed E-state index contributed by atoms with van der Waals surface area (Å²) in [5.74, 6) is 0.735. The van der Waals surface area contributed by atoms with E-state index in [0.29, 0.717) is 5.69 Å². The van der Waals surface area contributed by atoms with Gasteiger partial charge in [0.15, 0.2) is 0 Å². The summed E-state index contributed by atoms with van der Waals surface area (Å²) in [7, 11) is 2.04. The predicted molar refractivity (Wildman–Crippen MR) is 85.6 cm³/mol. The Hall–Kier alpha value is -1.75. The van der Waals surface area contributed by atoms with Crippen molar-refractivity contribution in [2.75, 3.05) is 17.7 Å². The van der Waals surface area contributed by atoms with Crippen molar-refractivity contribution in [2.24, 2.45) is 0 Å². The fourth-order valence-corrected chi connectivity index (χ4v) is 2.54. The van der Waals surface area contributed by atoms with Crippen molar-refractivity contribution < 1.29 is 4.74 Å². The fraction of sp³-hybridized carbons (Fsp3) is 0.400. The average molecular weight is 291 g/mol. The maximum Gasteiger partial charge on any atom is 0.144 e. The lowest BCUT2D eigenvalue weighted by atomic mass is 10.2. The number of rotatable bonds is 5. The van der Waals surface area contributed by atoms with Crippen LogP contribution in [0, 0.1) is 6.92 Å². The number of nitrogens with zero attached hydrogens (tertiary/aromatic N) is 2. The third-order valence-corrected chi connectivity index (χ3v) is 3.69. The van der Waals surface area contributed by atoms with Gasteiger partial charge < -0.3 is 15.4 Å². The highest BCUT2D eigenvalue weighted by atomic mass is 32.1. The summed E-state index contributed by atoms with van der Waals surface area (Å²) in [6, 6.07) is 5.87. The summed E-state index contributed by atoms with van der Waals surface area (Å²) in [6.45, 7) is 6.78. The van der Waals surface area contributed by atoms with Gasteiger partial charge in [0, 0.05) is 24.2 Å². The minimum absolute atomic E-state index is 0.110. The zero-order valence-electron chi connectivity index (χ0n) is 12.4. The Bertz CT molecular complexity index is 580. The van der Waals surface area contributed by atoms with E-state index in [-0.39, 0.29) is 6.10 Å². The molecule has 20 heavy (non-hydrogen) atoms. The van der Waals surface area contributed by atoms with Gasteiger partial charge >= 0.3 is 0 Å². The normalized spacial score (nSPS) is 10.8. The number of hydrogen-bond acceptors (Lipinski definition) is 5. The summed E-state index contributed by atoms with van der Waals surface area (Å²) in [4.78, 5) is 6.63. The molecule has 0 bridgehead atoms. The summed E-state index contributed by atoms with van der Waals surface area (Å²) in [5.41, 5.74) is 8.76. The maximum absolute atomic E-state index is 5.94. The lowest BCUT2D eigenvalue weighted by Crippen LogP contribution is -2.17. The summed E-state index contributed by atoms with van der Waals surface area (Å²) < 4.78 is 5.72. The highest BCUT2D eigenvalue weighted by Crippen LogP contribution is 2.28. The SMILES string of the molecule is Cc1nc(CN(C)c2ccc(N)c(OC(C)C)c2)cs1. The van der Waals surface area contributed by atoms with Crippen molar-refractivity contribution in [1.29, 1.82) is 0 Å². The molecule has 0 aliphatic carbocycles. The molecular weight excluding hydrogens is 270 g/mol. The van der Waals surface area contributed by atoms with Crippen LogP contribution in [0.1, 0.15) is 24.5 Å². The molecule has 0 unspecified atom stereocenters. The molecule has 0 amide bonds. The summed E-state index contributed by atoms with van der Waals surface area (Å²) >= 11 is 1.67. The van der Waals surface area contributed by atoms with Crippen molar-refractivity contribution in [2.45, 2.75) is 33.4 Å². The van der Waals surface area contributed by atoms with Gasteiger partial charge in [-0.05, 0) is 32.9 Å². The second-order valence-electron chi connectivity index (χ2n) is 5.10. The van der Waals surface area contributed by atoms with E-state index in [0.717, 1.165) is 28.7 Å². The number of aromatic nitrogens is 1. The molecule has 1 heterocycles. The Labute approximate surface area is 124 Å². The van der Waals surface area contributed by atoms with Crippen LogP contribution >= 0.6 is 11.3 Å². The third kappa shape index (κ3) is 3.63. The van der Waals surface area contributed by atoms with E-state index < -0.39 is 0 Å². The molecule has 0 saturated heterocycles. The van der Waals surface area contributed by atoms with Crippen molar-refractivity contribution >= 4 is 22.7 Å². The lowest BCUT2D eigenvalue weighted by molar-refractivity contribution is 0.244. The van der Waals surface area contributed by atoms with E-state index in [1.165, 1.54) is 0 Å². The van der Waals surface area contributed by atoms with Crippen LogP contribution in [0.5, 0.6) is 5.75 Å². The first kappa shape index (κ1) is 14.7. The Balaban J connectivity index is 2.15. The molecule has 4 nitrogen and oxygen atoms in total. The topological polar surface area (TPSA) is 51.4 Å². The zero-order valence-corrected chi connectivity index (χ0v) is 13.2. The molecular formula is C15H21N3OS. The Morgan fingerprint density at radius 1 is 1.40 bits per heavy atom. The molecule has 0 spiro atoms. The average Bonchev–Trinajstić information content (AvgIpc) is 2.77. The number of nitrogens with two attached hydrogens (primary N) is 1. The van der Waals surface area contributed by atoms with E-state index >= 15 is 0 Å². The molecule has 0 atom stereocenters. The van der Waals surface area contributed by atoms with Crippen LogP contribution in [0.4, 0.5) is 11.4 Å². The predicted octanol–water partition coefficient (Wildman–Crippen LogP) is 3.46. The number of aryl methyl sites for hydroxylation is 1. The molecule has 5 heteroatoms. The number of thiazole rings is 1. The first-order valence-electron chi connectivity index (χ1n) is 6.64. The van der Waals surface area contributed by atoms with Gasteiger partial charge in [-0.1, -0.05) is 0 Å². The van der Waals surface area contributed by atoms with Gasteiger partial charge in [-0.2, -0.15) is 0 Å². The molecule has 2 aromatic rings. The number of ether oxygens (including phenoxy) is 1. The number of benzene rings is 1. The van der Waals surface area contributed by atoms with Crippen molar-refractivity contribution in [1.82, 2.24) is 4.98 Å². The first-order valence-corrected chi connectivity index (χ1v) is 7.52. The quantitative estimate of drug-likeness (QED) is 0.857. The van der Waals surface area contributed by atoms with E-state index in [9.17, 15) is 0 Å². The molecule has 2 N–H and O–H groups in total. The highest BCUT2D eigenvalue weighted by Gasteiger charge is 2.09. The van der Waals surface area contributed by atoms with Gasteiger partial charge in [0.1, 0.15) is 5.75 Å². The van der Waals surface area contributed by atoms with Gasteiger partial charge in [0.05, 0.1) is 29.0 Å². The monoisotopic (exact) mass is 291 g/mol. The molecule has 1 aromatic carbocycles. The van der Waals surface area contributed by atoms with Crippen LogP contribution in [0.15, 0.2) is 23.6 Å². The van der Waals surface area contributed by atoms with Crippen LogP contribution < -0.4 is 15.4 Å². The largest absolute Gasteiger partial charge is 0.489 e. The molecule has 0 aliphatic heterocycles. The Morgan fingerprint density at radius 2 is 2.15 bits per heavy atom. The molecule has 0 saturated carbocycles. The second-order valence-corrected chi connectivity index (χ2v) is 6.16. The molecule has 2 rings (SSSR count). The standard InChI is InChI=1S/C15H21N3OS/c1-10(2)19-15-7-13(5-6-14(15)16)18(4)8-12-9-20-11(3)17-12/h5-7,9-10H,8,16H2,1-4H3. The molecule has 0 aliphatic rings. The van der Waals surface area contributed by atoms with Crippen LogP contribution in [-0.2, 0) is 6.54 Å². The summed E-state index contributed by atoms with van der Waals surface area (Å²) in [6.07, 6.45) is 0.110. The van der Waals surface area contributed by atoms with Crippen molar-refractivity contribution in [3.8, 4) is 5.75 Å². The van der Waals surface area contributed by atoms with Crippen molar-refractivity contribution in [3.63, 3.8) is 0 Å². The highest BCUT2D eigenvalue weighted by molar-refractivity contribution is 7.09. The van der Waals surface area contributed by atoms with E-state index in [1.807, 2.05) is 46.0 Å². The van der Waals surface area contributed by atoms with E-state index in [1.54, 1.807) is 11.3 Å². The molecule has 0 fully saturated rings. The molecule has 0 radical (unpaired) electrons. The molecule has 108 valence electrons. The summed E-state index contributed by atoms with van der Waals surface area (Å²) in [5, 5.41) is 3.18. The zero-order chi connectivity index (χ0) is 14.7. The van der Waals surface area contributed by atoms with Gasteiger partial charge in [0.25, 0.3) is 0 Å². The van der Waals surface area contributed by atoms with E-state index in [4.69, 9.17) is 10.5 Å². The lowest BCUT2D eigenvalue weighted by Gasteiger charge is -2.20. The second kappa shape index (κ2) is 6.13. The van der Waals surface area contributed by atoms with Gasteiger partial charge in [-0.3, -0.25) is 0 Å². The minimum Gasteiger partial charge on any atom is -0.489 e. The number of anilines is 2.